The van der Waals surface area contributed by atoms with Crippen molar-refractivity contribution in [2.24, 2.45) is 0 Å². The number of benzene rings is 1. The van der Waals surface area contributed by atoms with E-state index in [1.807, 2.05) is 67.6 Å². The van der Waals surface area contributed by atoms with Crippen molar-refractivity contribution in [3.8, 4) is 0 Å². The summed E-state index contributed by atoms with van der Waals surface area (Å²) in [5.41, 5.74) is 0.747. The van der Waals surface area contributed by atoms with Gasteiger partial charge in [0.25, 0.3) is 0 Å². The third-order valence-electron chi connectivity index (χ3n) is 3.00. The van der Waals surface area contributed by atoms with E-state index in [1.165, 1.54) is 0 Å². The second-order valence-electron chi connectivity index (χ2n) is 4.24. The number of aromatic nitrogens is 1. The molecule has 0 unspecified atom stereocenters. The van der Waals surface area contributed by atoms with Gasteiger partial charge in [0, 0.05) is 6.20 Å². The molecule has 0 saturated carbocycles. The predicted molar refractivity (Wildman–Crippen MR) is 73.9 cm³/mol. The summed E-state index contributed by atoms with van der Waals surface area (Å²) < 4.78 is 0. The molecule has 1 aromatic carbocycles. The van der Waals surface area contributed by atoms with E-state index in [-0.39, 0.29) is 0 Å². The zero-order valence-corrected chi connectivity index (χ0v) is 10.5. The molecule has 0 saturated heterocycles. The molecule has 0 aliphatic heterocycles. The molecule has 1 atom stereocenters. The van der Waals surface area contributed by atoms with Crippen LogP contribution in [0.15, 0.2) is 60.8 Å². The van der Waals surface area contributed by atoms with Gasteiger partial charge in [-0.3, -0.25) is 4.98 Å². The summed E-state index contributed by atoms with van der Waals surface area (Å²) >= 11 is 0. The second kappa shape index (κ2) is 5.61. The first kappa shape index (κ1) is 12.5. The van der Waals surface area contributed by atoms with Crippen molar-refractivity contribution in [1.82, 2.24) is 4.98 Å². The zero-order valence-electron chi connectivity index (χ0n) is 10.5. The fourth-order valence-corrected chi connectivity index (χ4v) is 1.80. The second-order valence-corrected chi connectivity index (χ2v) is 4.24. The van der Waals surface area contributed by atoms with Crippen molar-refractivity contribution < 1.29 is 5.11 Å². The molecular weight excluding hydrogens is 222 g/mol. The fraction of sp³-hybridized carbons (Fsp3) is 0.188. The fourth-order valence-electron chi connectivity index (χ4n) is 1.80. The summed E-state index contributed by atoms with van der Waals surface area (Å²) in [6.07, 6.45) is 6.03. The third-order valence-corrected chi connectivity index (χ3v) is 3.00. The van der Waals surface area contributed by atoms with Gasteiger partial charge in [0.15, 0.2) is 0 Å². The maximum Gasteiger partial charge on any atom is 0.125 e. The van der Waals surface area contributed by atoms with E-state index in [0.717, 1.165) is 5.56 Å². The van der Waals surface area contributed by atoms with E-state index in [1.54, 1.807) is 6.20 Å². The van der Waals surface area contributed by atoms with Crippen LogP contribution in [0.4, 0.5) is 0 Å². The lowest BCUT2D eigenvalue weighted by molar-refractivity contribution is 0.0814. The predicted octanol–water partition coefficient (Wildman–Crippen LogP) is 3.39. The average molecular weight is 239 g/mol. The van der Waals surface area contributed by atoms with Gasteiger partial charge in [0.1, 0.15) is 5.60 Å². The van der Waals surface area contributed by atoms with Gasteiger partial charge in [0.2, 0.25) is 0 Å². The summed E-state index contributed by atoms with van der Waals surface area (Å²) in [5, 5.41) is 10.6. The lowest BCUT2D eigenvalue weighted by Gasteiger charge is -2.22. The van der Waals surface area contributed by atoms with Crippen LogP contribution in [0.3, 0.4) is 0 Å². The van der Waals surface area contributed by atoms with Crippen molar-refractivity contribution >= 4 is 6.08 Å². The Labute approximate surface area is 108 Å². The van der Waals surface area contributed by atoms with Gasteiger partial charge >= 0.3 is 0 Å². The molecule has 0 amide bonds. The highest BCUT2D eigenvalue weighted by Gasteiger charge is 2.24. The summed E-state index contributed by atoms with van der Waals surface area (Å²) in [5.74, 6) is 0. The van der Waals surface area contributed by atoms with Gasteiger partial charge < -0.3 is 5.11 Å². The summed E-state index contributed by atoms with van der Waals surface area (Å²) in [6, 6.07) is 15.5. The minimum Gasteiger partial charge on any atom is -0.379 e. The highest BCUT2D eigenvalue weighted by atomic mass is 16.3. The number of rotatable bonds is 4. The third kappa shape index (κ3) is 2.84. The van der Waals surface area contributed by atoms with E-state index >= 15 is 0 Å². The smallest absolute Gasteiger partial charge is 0.125 e. The van der Waals surface area contributed by atoms with Crippen LogP contribution < -0.4 is 0 Å². The first-order chi connectivity index (χ1) is 8.74. The van der Waals surface area contributed by atoms with Crippen LogP contribution >= 0.6 is 0 Å². The molecule has 2 rings (SSSR count). The minimum atomic E-state index is -1.00. The largest absolute Gasteiger partial charge is 0.379 e. The number of aliphatic hydroxyl groups is 1. The Morgan fingerprint density at radius 1 is 1.11 bits per heavy atom. The zero-order chi connectivity index (χ0) is 12.8. The van der Waals surface area contributed by atoms with E-state index in [2.05, 4.69) is 4.98 Å². The van der Waals surface area contributed by atoms with Crippen LogP contribution in [-0.2, 0) is 5.60 Å². The van der Waals surface area contributed by atoms with E-state index < -0.39 is 5.60 Å². The Hall–Kier alpha value is -1.93. The topological polar surface area (TPSA) is 33.1 Å². The Balaban J connectivity index is 2.27. The van der Waals surface area contributed by atoms with Crippen molar-refractivity contribution in [2.45, 2.75) is 18.9 Å². The first-order valence-electron chi connectivity index (χ1n) is 6.13. The lowest BCUT2D eigenvalue weighted by atomic mass is 9.94. The van der Waals surface area contributed by atoms with Crippen molar-refractivity contribution in [2.75, 3.05) is 0 Å². The Bertz CT molecular complexity index is 507. The van der Waals surface area contributed by atoms with Crippen LogP contribution in [0.25, 0.3) is 6.08 Å². The molecule has 0 radical (unpaired) electrons. The molecule has 2 aromatic rings. The van der Waals surface area contributed by atoms with Gasteiger partial charge in [-0.25, -0.2) is 0 Å². The Kier molecular flexibility index (Phi) is 3.90. The van der Waals surface area contributed by atoms with Crippen LogP contribution in [0.5, 0.6) is 0 Å². The summed E-state index contributed by atoms with van der Waals surface area (Å²) in [7, 11) is 0. The molecule has 0 spiro atoms. The molecular formula is C16H17NO. The van der Waals surface area contributed by atoms with Crippen LogP contribution in [0, 0.1) is 0 Å². The molecule has 1 heterocycles. The van der Waals surface area contributed by atoms with Gasteiger partial charge in [-0.2, -0.15) is 0 Å². The molecule has 0 fully saturated rings. The summed E-state index contributed by atoms with van der Waals surface area (Å²) in [4.78, 5) is 4.23. The molecule has 0 aliphatic carbocycles. The highest BCUT2D eigenvalue weighted by Crippen LogP contribution is 2.25. The molecule has 2 heteroatoms. The molecule has 2 nitrogen and oxygen atoms in total. The summed E-state index contributed by atoms with van der Waals surface area (Å²) in [6.45, 7) is 1.95. The highest BCUT2D eigenvalue weighted by molar-refractivity contribution is 5.50. The van der Waals surface area contributed by atoms with Crippen LogP contribution in [0.2, 0.25) is 0 Å². The Morgan fingerprint density at radius 2 is 1.83 bits per heavy atom. The van der Waals surface area contributed by atoms with E-state index in [9.17, 15) is 5.11 Å². The quantitative estimate of drug-likeness (QED) is 0.887. The molecule has 1 N–H and O–H groups in total. The monoisotopic (exact) mass is 239 g/mol. The van der Waals surface area contributed by atoms with Gasteiger partial charge in [-0.05, 0) is 30.2 Å². The van der Waals surface area contributed by atoms with E-state index in [0.29, 0.717) is 12.1 Å². The van der Waals surface area contributed by atoms with Crippen LogP contribution in [0.1, 0.15) is 24.6 Å². The maximum atomic E-state index is 10.6. The van der Waals surface area contributed by atoms with Crippen LogP contribution in [-0.4, -0.2) is 10.1 Å². The van der Waals surface area contributed by atoms with Crippen molar-refractivity contribution in [1.29, 1.82) is 0 Å². The first-order valence-corrected chi connectivity index (χ1v) is 6.13. The normalized spacial score (nSPS) is 14.6. The van der Waals surface area contributed by atoms with Gasteiger partial charge in [0.05, 0.1) is 5.69 Å². The average Bonchev–Trinajstić information content (AvgIpc) is 2.47. The molecule has 18 heavy (non-hydrogen) atoms. The van der Waals surface area contributed by atoms with Gasteiger partial charge in [-0.1, -0.05) is 49.4 Å². The number of hydrogen-bond acceptors (Lipinski definition) is 2. The van der Waals surface area contributed by atoms with Crippen molar-refractivity contribution in [3.63, 3.8) is 0 Å². The molecule has 0 aliphatic rings. The molecule has 0 bridgehead atoms. The van der Waals surface area contributed by atoms with Crippen molar-refractivity contribution in [3.05, 3.63) is 72.1 Å². The van der Waals surface area contributed by atoms with Gasteiger partial charge in [-0.15, -0.1) is 0 Å². The number of hydrogen-bond donors (Lipinski definition) is 1. The molecule has 92 valence electrons. The maximum absolute atomic E-state index is 10.6. The lowest BCUT2D eigenvalue weighted by Crippen LogP contribution is -2.22. The van der Waals surface area contributed by atoms with E-state index in [4.69, 9.17) is 0 Å². The SMILES string of the molecule is CC[C@](O)(/C=C\c1ccccc1)c1ccccn1. The minimum absolute atomic E-state index is 0.591. The molecule has 1 aromatic heterocycles. The number of nitrogens with zero attached hydrogens (tertiary/aromatic N) is 1. The number of pyridine rings is 1. The Morgan fingerprint density at radius 3 is 2.44 bits per heavy atom. The standard InChI is InChI=1S/C16H17NO/c1-2-16(18,15-10-6-7-13-17-15)12-11-14-8-4-3-5-9-14/h3-13,18H,2H2,1H3/b12-11-/t16-/m0/s1.